The number of amides is 1. The minimum Gasteiger partial charge on any atom is -0.311 e. The minimum absolute atomic E-state index is 0.124. The fraction of sp³-hybridized carbons (Fsp3) is 0.500. The van der Waals surface area contributed by atoms with E-state index in [1.54, 1.807) is 0 Å². The van der Waals surface area contributed by atoms with Crippen molar-refractivity contribution in [3.63, 3.8) is 0 Å². The third-order valence-corrected chi connectivity index (χ3v) is 6.23. The molecule has 1 amide bonds. The molecule has 0 bridgehead atoms. The zero-order valence-electron chi connectivity index (χ0n) is 19.3. The van der Waals surface area contributed by atoms with Crippen molar-refractivity contribution in [3.05, 3.63) is 64.2 Å². The van der Waals surface area contributed by atoms with Crippen LogP contribution in [0.15, 0.2) is 30.3 Å². The number of piperidine rings is 1. The average Bonchev–Trinajstić information content (AvgIpc) is 2.67. The zero-order chi connectivity index (χ0) is 22.7. The molecule has 0 aromatic heterocycles. The number of rotatable bonds is 7. The molecule has 2 aromatic carbocycles. The highest BCUT2D eigenvalue weighted by Crippen LogP contribution is 2.34. The Labute approximate surface area is 185 Å². The molecule has 5 heteroatoms. The van der Waals surface area contributed by atoms with E-state index in [0.717, 1.165) is 42.3 Å². The molecule has 3 rings (SSSR count). The maximum absolute atomic E-state index is 14.2. The second kappa shape index (κ2) is 9.90. The van der Waals surface area contributed by atoms with Crippen molar-refractivity contribution in [1.29, 1.82) is 0 Å². The summed E-state index contributed by atoms with van der Waals surface area (Å²) in [5, 5.41) is 0. The Balaban J connectivity index is 1.80. The first-order chi connectivity index (χ1) is 14.7. The fourth-order valence-electron chi connectivity index (χ4n) is 4.85. The average molecular weight is 429 g/mol. The van der Waals surface area contributed by atoms with Crippen molar-refractivity contribution in [1.82, 2.24) is 4.90 Å². The number of nitrogens with zero attached hydrogens (tertiary/aromatic N) is 2. The summed E-state index contributed by atoms with van der Waals surface area (Å²) in [7, 11) is 4.16. The monoisotopic (exact) mass is 428 g/mol. The normalized spacial score (nSPS) is 19.4. The van der Waals surface area contributed by atoms with Gasteiger partial charge < -0.3 is 9.80 Å². The first kappa shape index (κ1) is 23.4. The summed E-state index contributed by atoms with van der Waals surface area (Å²) in [6.45, 7) is 7.69. The van der Waals surface area contributed by atoms with Crippen LogP contribution >= 0.6 is 0 Å². The molecule has 0 unspecified atom stereocenters. The van der Waals surface area contributed by atoms with Crippen LogP contribution in [0.2, 0.25) is 0 Å². The molecular weight excluding hydrogens is 394 g/mol. The lowest BCUT2D eigenvalue weighted by Gasteiger charge is -2.38. The third kappa shape index (κ3) is 5.70. The lowest BCUT2D eigenvalue weighted by molar-refractivity contribution is -0.124. The van der Waals surface area contributed by atoms with Crippen molar-refractivity contribution < 1.29 is 13.6 Å². The van der Waals surface area contributed by atoms with E-state index in [-0.39, 0.29) is 17.7 Å². The van der Waals surface area contributed by atoms with Gasteiger partial charge in [0.1, 0.15) is 11.6 Å². The van der Waals surface area contributed by atoms with Crippen LogP contribution in [0.3, 0.4) is 0 Å². The van der Waals surface area contributed by atoms with E-state index >= 15 is 0 Å². The Morgan fingerprint density at radius 1 is 1.10 bits per heavy atom. The number of benzene rings is 2. The van der Waals surface area contributed by atoms with E-state index in [9.17, 15) is 13.6 Å². The van der Waals surface area contributed by atoms with E-state index in [1.807, 2.05) is 11.8 Å². The summed E-state index contributed by atoms with van der Waals surface area (Å²) in [4.78, 5) is 17.2. The van der Waals surface area contributed by atoms with E-state index in [1.165, 1.54) is 17.7 Å². The van der Waals surface area contributed by atoms with E-state index in [0.29, 0.717) is 24.9 Å². The van der Waals surface area contributed by atoms with Crippen molar-refractivity contribution >= 4 is 11.6 Å². The van der Waals surface area contributed by atoms with Crippen molar-refractivity contribution in [2.24, 2.45) is 11.8 Å². The van der Waals surface area contributed by atoms with Crippen molar-refractivity contribution in [2.75, 3.05) is 32.1 Å². The zero-order valence-corrected chi connectivity index (χ0v) is 19.3. The summed E-state index contributed by atoms with van der Waals surface area (Å²) in [6, 6.07) is 8.15. The van der Waals surface area contributed by atoms with E-state index in [4.69, 9.17) is 0 Å². The number of halogens is 2. The highest BCUT2D eigenvalue weighted by Gasteiger charge is 2.34. The highest BCUT2D eigenvalue weighted by molar-refractivity contribution is 5.97. The van der Waals surface area contributed by atoms with Gasteiger partial charge in [-0.05, 0) is 94.4 Å². The molecule has 1 aliphatic rings. The molecule has 0 spiro atoms. The first-order valence-electron chi connectivity index (χ1n) is 11.2. The summed E-state index contributed by atoms with van der Waals surface area (Å²) in [6.07, 6.45) is 3.32. The van der Waals surface area contributed by atoms with Crippen LogP contribution in [0, 0.1) is 37.3 Å². The highest BCUT2D eigenvalue weighted by atomic mass is 19.1. The molecule has 1 fully saturated rings. The van der Waals surface area contributed by atoms with Gasteiger partial charge in [0.15, 0.2) is 0 Å². The summed E-state index contributed by atoms with van der Waals surface area (Å²) in [5.74, 6) is -0.938. The minimum atomic E-state index is -0.563. The Morgan fingerprint density at radius 2 is 1.77 bits per heavy atom. The first-order valence-corrected chi connectivity index (χ1v) is 11.2. The Kier molecular flexibility index (Phi) is 7.47. The van der Waals surface area contributed by atoms with Crippen LogP contribution in [0.4, 0.5) is 14.5 Å². The van der Waals surface area contributed by atoms with Gasteiger partial charge in [-0.3, -0.25) is 4.79 Å². The Bertz CT molecular complexity index is 918. The lowest BCUT2D eigenvalue weighted by atomic mass is 9.84. The quantitative estimate of drug-likeness (QED) is 0.597. The molecular formula is C26H34F2N2O. The largest absolute Gasteiger partial charge is 0.311 e. The van der Waals surface area contributed by atoms with Crippen molar-refractivity contribution in [2.45, 2.75) is 46.5 Å². The van der Waals surface area contributed by atoms with Gasteiger partial charge >= 0.3 is 0 Å². The number of carbonyl (C=O) groups is 1. The molecule has 0 saturated carbocycles. The van der Waals surface area contributed by atoms with Gasteiger partial charge in [-0.1, -0.05) is 25.1 Å². The lowest BCUT2D eigenvalue weighted by Crippen LogP contribution is -2.46. The van der Waals surface area contributed by atoms with Crippen LogP contribution in [-0.4, -0.2) is 38.0 Å². The van der Waals surface area contributed by atoms with Gasteiger partial charge in [0.25, 0.3) is 0 Å². The number of carbonyl (C=O) groups excluding carboxylic acids is 1. The van der Waals surface area contributed by atoms with Crippen LogP contribution in [0.1, 0.15) is 42.0 Å². The van der Waals surface area contributed by atoms with Gasteiger partial charge in [-0.25, -0.2) is 8.78 Å². The predicted molar refractivity (Wildman–Crippen MR) is 122 cm³/mol. The standard InChI is InChI=1S/C26H34F2N2O/c1-17-11-20(7-6-10-29(4)5)12-18(2)25(17)30-16-21(13-19(3)26(30)31)14-22-8-9-23(27)15-24(22)28/h8-9,11-12,15,19,21H,6-7,10,13-14,16H2,1-5H3/t19-,21-/m1/s1. The topological polar surface area (TPSA) is 23.6 Å². The molecule has 2 aromatic rings. The molecule has 1 aliphatic heterocycles. The van der Waals surface area contributed by atoms with Gasteiger partial charge in [-0.15, -0.1) is 0 Å². The SMILES string of the molecule is Cc1cc(CCCN(C)C)cc(C)c1N1C[C@@H](Cc2ccc(F)cc2F)C[C@@H](C)C1=O. The molecule has 3 nitrogen and oxygen atoms in total. The molecule has 1 heterocycles. The van der Waals surface area contributed by atoms with Crippen LogP contribution in [0.5, 0.6) is 0 Å². The van der Waals surface area contributed by atoms with Crippen LogP contribution < -0.4 is 4.90 Å². The number of aryl methyl sites for hydroxylation is 3. The molecule has 2 atom stereocenters. The number of hydrogen-bond donors (Lipinski definition) is 0. The third-order valence-electron chi connectivity index (χ3n) is 6.23. The molecule has 1 saturated heterocycles. The molecule has 0 aliphatic carbocycles. The Hall–Kier alpha value is -2.27. The van der Waals surface area contributed by atoms with Crippen LogP contribution in [-0.2, 0) is 17.6 Å². The van der Waals surface area contributed by atoms with E-state index < -0.39 is 11.6 Å². The van der Waals surface area contributed by atoms with E-state index in [2.05, 4.69) is 45.0 Å². The predicted octanol–water partition coefficient (Wildman–Crippen LogP) is 5.31. The molecule has 0 radical (unpaired) electrons. The summed E-state index contributed by atoms with van der Waals surface area (Å²) < 4.78 is 27.5. The van der Waals surface area contributed by atoms with Crippen molar-refractivity contribution in [3.8, 4) is 0 Å². The van der Waals surface area contributed by atoms with Gasteiger partial charge in [0.2, 0.25) is 5.91 Å². The maximum atomic E-state index is 14.2. The summed E-state index contributed by atoms with van der Waals surface area (Å²) >= 11 is 0. The maximum Gasteiger partial charge on any atom is 0.229 e. The second-order valence-corrected chi connectivity index (χ2v) is 9.38. The number of hydrogen-bond acceptors (Lipinski definition) is 2. The summed E-state index contributed by atoms with van der Waals surface area (Å²) in [5.41, 5.74) is 5.00. The van der Waals surface area contributed by atoms with Gasteiger partial charge in [0, 0.05) is 24.2 Å². The van der Waals surface area contributed by atoms with Crippen LogP contribution in [0.25, 0.3) is 0 Å². The number of anilines is 1. The molecule has 168 valence electrons. The smallest absolute Gasteiger partial charge is 0.229 e. The molecule has 0 N–H and O–H groups in total. The fourth-order valence-corrected chi connectivity index (χ4v) is 4.85. The second-order valence-electron chi connectivity index (χ2n) is 9.38. The van der Waals surface area contributed by atoms with Gasteiger partial charge in [-0.2, -0.15) is 0 Å². The molecule has 31 heavy (non-hydrogen) atoms. The van der Waals surface area contributed by atoms with Gasteiger partial charge in [0.05, 0.1) is 0 Å². The Morgan fingerprint density at radius 3 is 2.39 bits per heavy atom.